The van der Waals surface area contributed by atoms with E-state index in [2.05, 4.69) is 15.0 Å². The van der Waals surface area contributed by atoms with Gasteiger partial charge in [0.2, 0.25) is 0 Å². The fourth-order valence-electron chi connectivity index (χ4n) is 4.56. The Labute approximate surface area is 218 Å². The molecular weight excluding hydrogens is 518 g/mol. The second-order valence-electron chi connectivity index (χ2n) is 9.26. The molecule has 5 rings (SSSR count). The van der Waals surface area contributed by atoms with Gasteiger partial charge in [0.15, 0.2) is 15.5 Å². The van der Waals surface area contributed by atoms with Gasteiger partial charge in [-0.15, -0.1) is 0 Å². The molecule has 0 radical (unpaired) electrons. The summed E-state index contributed by atoms with van der Waals surface area (Å²) in [7, 11) is -3.26. The molecule has 0 bridgehead atoms. The lowest BCUT2D eigenvalue weighted by atomic mass is 9.83. The van der Waals surface area contributed by atoms with Crippen molar-refractivity contribution in [2.24, 2.45) is 5.92 Å². The highest BCUT2D eigenvalue weighted by molar-refractivity contribution is 7.90. The molecule has 194 valence electrons. The second kappa shape index (κ2) is 10.0. The Bertz CT molecular complexity index is 1520. The van der Waals surface area contributed by atoms with E-state index in [4.69, 9.17) is 16.3 Å². The van der Waals surface area contributed by atoms with Gasteiger partial charge in [-0.3, -0.25) is 0 Å². The maximum Gasteiger partial charge on any atom is 0.296 e. The molecule has 4 aromatic rings. The molecule has 0 saturated heterocycles. The number of hydrogen-bond acceptors (Lipinski definition) is 8. The van der Waals surface area contributed by atoms with E-state index in [-0.39, 0.29) is 23.4 Å². The summed E-state index contributed by atoms with van der Waals surface area (Å²) < 4.78 is 29.2. The number of nitrogens with zero attached hydrogens (tertiary/aromatic N) is 2. The highest BCUT2D eigenvalue weighted by Crippen LogP contribution is 2.32. The van der Waals surface area contributed by atoms with Crippen molar-refractivity contribution in [2.75, 3.05) is 12.9 Å². The summed E-state index contributed by atoms with van der Waals surface area (Å²) in [6.07, 6.45) is -0.738. The van der Waals surface area contributed by atoms with Crippen LogP contribution in [0.5, 0.6) is 6.01 Å². The molecule has 37 heavy (non-hydrogen) atoms. The number of hydrogen-bond donors (Lipinski definition) is 4. The van der Waals surface area contributed by atoms with Crippen molar-refractivity contribution < 1.29 is 28.5 Å². The van der Waals surface area contributed by atoms with Gasteiger partial charge in [0.05, 0.1) is 27.2 Å². The van der Waals surface area contributed by atoms with E-state index in [9.17, 15) is 23.7 Å². The third-order valence-corrected chi connectivity index (χ3v) is 8.13. The molecule has 0 aliphatic heterocycles. The predicted octanol–water partition coefficient (Wildman–Crippen LogP) is 3.22. The summed E-state index contributed by atoms with van der Waals surface area (Å²) in [4.78, 5) is 12.3. The van der Waals surface area contributed by atoms with Crippen molar-refractivity contribution in [3.8, 4) is 28.4 Å². The Morgan fingerprint density at radius 1 is 0.973 bits per heavy atom. The first-order valence-corrected chi connectivity index (χ1v) is 14.0. The fraction of sp³-hybridized carbons (Fsp3) is 0.308. The maximum absolute atomic E-state index is 11.7. The number of pyridine rings is 1. The Kier molecular flexibility index (Phi) is 6.95. The molecule has 2 heterocycles. The van der Waals surface area contributed by atoms with Gasteiger partial charge in [-0.1, -0.05) is 48.0 Å². The van der Waals surface area contributed by atoms with Crippen molar-refractivity contribution in [2.45, 2.75) is 36.0 Å². The third-order valence-electron chi connectivity index (χ3n) is 6.71. The molecule has 2 aromatic carbocycles. The highest BCUT2D eigenvalue weighted by atomic mass is 35.5. The van der Waals surface area contributed by atoms with Crippen molar-refractivity contribution in [3.63, 3.8) is 0 Å². The molecule has 1 aliphatic rings. The first-order valence-electron chi connectivity index (χ1n) is 11.7. The van der Waals surface area contributed by atoms with Crippen molar-refractivity contribution in [3.05, 3.63) is 59.6 Å². The van der Waals surface area contributed by atoms with Crippen LogP contribution in [-0.2, 0) is 9.84 Å². The third kappa shape index (κ3) is 5.21. The maximum atomic E-state index is 11.7. The van der Waals surface area contributed by atoms with Crippen LogP contribution in [0.15, 0.2) is 59.5 Å². The first kappa shape index (κ1) is 25.6. The van der Waals surface area contributed by atoms with Crippen LogP contribution in [0.25, 0.3) is 33.5 Å². The van der Waals surface area contributed by atoms with Gasteiger partial charge in [0, 0.05) is 24.3 Å². The molecule has 2 aromatic heterocycles. The van der Waals surface area contributed by atoms with Crippen LogP contribution in [0.2, 0.25) is 5.02 Å². The number of aliphatic hydroxyl groups is 3. The lowest BCUT2D eigenvalue weighted by molar-refractivity contribution is -0.111. The molecule has 11 heteroatoms. The van der Waals surface area contributed by atoms with Crippen LogP contribution in [0.1, 0.15) is 12.8 Å². The van der Waals surface area contributed by atoms with E-state index in [0.717, 1.165) is 16.7 Å². The molecule has 4 atom stereocenters. The number of benzene rings is 2. The Hall–Kier alpha value is -3.02. The smallest absolute Gasteiger partial charge is 0.296 e. The van der Waals surface area contributed by atoms with Gasteiger partial charge >= 0.3 is 0 Å². The number of imidazole rings is 1. The number of halogens is 1. The van der Waals surface area contributed by atoms with Gasteiger partial charge in [0.1, 0.15) is 12.2 Å². The van der Waals surface area contributed by atoms with Gasteiger partial charge < -0.3 is 25.0 Å². The molecule has 4 N–H and O–H groups in total. The normalized spacial score (nSPS) is 22.3. The summed E-state index contributed by atoms with van der Waals surface area (Å²) >= 11 is 6.53. The largest absolute Gasteiger partial charge is 0.459 e. The number of sulfone groups is 1. The molecule has 0 amide bonds. The molecule has 9 nitrogen and oxygen atoms in total. The number of fused-ring (bicyclic) bond motifs is 1. The molecule has 0 unspecified atom stereocenters. The average Bonchev–Trinajstić information content (AvgIpc) is 3.27. The van der Waals surface area contributed by atoms with E-state index in [1.807, 2.05) is 24.3 Å². The highest BCUT2D eigenvalue weighted by Gasteiger charge is 2.38. The summed E-state index contributed by atoms with van der Waals surface area (Å²) in [5.41, 5.74) is 4.04. The zero-order valence-electron chi connectivity index (χ0n) is 19.9. The van der Waals surface area contributed by atoms with E-state index < -0.39 is 28.1 Å². The van der Waals surface area contributed by atoms with Crippen LogP contribution in [0.3, 0.4) is 0 Å². The van der Waals surface area contributed by atoms with E-state index in [1.54, 1.807) is 30.3 Å². The standard InChI is InChI=1S/C26H26ClN3O6S/c1-37(34,35)18-9-6-15(7-10-18)14-2-4-16(5-3-14)22-19(27)12-20-25(29-22)30-26(28-20)36-21-11-8-17(13-31)23(32)24(21)33/h2-7,9-10,12,17,21,23-24,31-33H,8,11,13H2,1H3,(H,28,29,30)/t17-,21+,23-,24-/m1/s1. The molecule has 1 saturated carbocycles. The first-order chi connectivity index (χ1) is 17.6. The van der Waals surface area contributed by atoms with Crippen LogP contribution < -0.4 is 4.74 Å². The van der Waals surface area contributed by atoms with Gasteiger partial charge in [-0.05, 0) is 42.2 Å². The summed E-state index contributed by atoms with van der Waals surface area (Å²) in [5, 5.41) is 30.3. The quantitative estimate of drug-likeness (QED) is 0.290. The van der Waals surface area contributed by atoms with E-state index in [0.29, 0.717) is 34.7 Å². The average molecular weight is 544 g/mol. The van der Waals surface area contributed by atoms with Gasteiger partial charge in [0.25, 0.3) is 6.01 Å². The van der Waals surface area contributed by atoms with Crippen molar-refractivity contribution in [1.82, 2.24) is 15.0 Å². The van der Waals surface area contributed by atoms with Crippen molar-refractivity contribution in [1.29, 1.82) is 0 Å². The van der Waals surface area contributed by atoms with E-state index in [1.165, 1.54) is 6.26 Å². The Morgan fingerprint density at radius 2 is 1.59 bits per heavy atom. The predicted molar refractivity (Wildman–Crippen MR) is 139 cm³/mol. The number of ether oxygens (including phenoxy) is 1. The number of rotatable bonds is 6. The van der Waals surface area contributed by atoms with E-state index >= 15 is 0 Å². The Morgan fingerprint density at radius 3 is 2.22 bits per heavy atom. The number of aliphatic hydroxyl groups excluding tert-OH is 3. The number of H-pyrrole nitrogens is 1. The molecule has 0 spiro atoms. The lowest BCUT2D eigenvalue weighted by Crippen LogP contribution is -2.49. The topological polar surface area (TPSA) is 146 Å². The fourth-order valence-corrected chi connectivity index (χ4v) is 5.45. The van der Waals surface area contributed by atoms with Gasteiger partial charge in [-0.25, -0.2) is 13.4 Å². The minimum Gasteiger partial charge on any atom is -0.459 e. The Balaban J connectivity index is 1.36. The minimum absolute atomic E-state index is 0.155. The zero-order chi connectivity index (χ0) is 26.3. The van der Waals surface area contributed by atoms with Crippen LogP contribution in [0.4, 0.5) is 0 Å². The van der Waals surface area contributed by atoms with Crippen LogP contribution >= 0.6 is 11.6 Å². The minimum atomic E-state index is -3.26. The SMILES string of the molecule is CS(=O)(=O)c1ccc(-c2ccc(-c3nc4nc(O[C@H]5CC[C@H](CO)[C@@H](O)[C@@H]5O)[nH]c4cc3Cl)cc2)cc1. The summed E-state index contributed by atoms with van der Waals surface area (Å²) in [5.74, 6) is -0.383. The van der Waals surface area contributed by atoms with Crippen molar-refractivity contribution >= 4 is 32.6 Å². The van der Waals surface area contributed by atoms with Crippen LogP contribution in [0, 0.1) is 5.92 Å². The monoisotopic (exact) mass is 543 g/mol. The molecule has 1 fully saturated rings. The van der Waals surface area contributed by atoms with Gasteiger partial charge in [-0.2, -0.15) is 4.98 Å². The summed E-state index contributed by atoms with van der Waals surface area (Å²) in [6.45, 7) is -0.197. The number of aromatic amines is 1. The molecular formula is C26H26ClN3O6S. The zero-order valence-corrected chi connectivity index (χ0v) is 21.4. The number of nitrogens with one attached hydrogen (secondary N) is 1. The number of aromatic nitrogens is 3. The summed E-state index contributed by atoms with van der Waals surface area (Å²) in [6, 6.07) is 16.1. The molecule has 1 aliphatic carbocycles. The lowest BCUT2D eigenvalue weighted by Gasteiger charge is -2.36. The van der Waals surface area contributed by atoms with Crippen LogP contribution in [-0.4, -0.2) is 69.9 Å². The second-order valence-corrected chi connectivity index (χ2v) is 11.7.